The Morgan fingerprint density at radius 2 is 1.38 bits per heavy atom. The molecule has 0 amide bonds. The molecule has 0 atom stereocenters. The Hall–Kier alpha value is 0.656. The van der Waals surface area contributed by atoms with E-state index in [1.165, 1.54) is 6.42 Å². The molecule has 0 unspecified atom stereocenters. The Morgan fingerprint density at radius 1 is 1.00 bits per heavy atom. The van der Waals surface area contributed by atoms with Crippen LogP contribution in [0.2, 0.25) is 0 Å². The monoisotopic (exact) mass is 198 g/mol. The van der Waals surface area contributed by atoms with Crippen molar-refractivity contribution in [1.82, 2.24) is 0 Å². The van der Waals surface area contributed by atoms with Gasteiger partial charge in [-0.05, 0) is 5.41 Å². The first kappa shape index (κ1) is 16.1. The summed E-state index contributed by atoms with van der Waals surface area (Å²) in [5, 5.41) is 12.1. The molecule has 0 aromatic carbocycles. The molecule has 0 radical (unpaired) electrons. The minimum atomic E-state index is -0.634. The van der Waals surface area contributed by atoms with Gasteiger partial charge in [-0.1, -0.05) is 52.9 Å². The van der Waals surface area contributed by atoms with Crippen LogP contribution in [0.1, 0.15) is 52.9 Å². The topological polar surface area (TPSA) is 23.1 Å². The van der Waals surface area contributed by atoms with Crippen molar-refractivity contribution < 1.29 is 9.81 Å². The Morgan fingerprint density at radius 3 is 1.62 bits per heavy atom. The van der Waals surface area contributed by atoms with Crippen LogP contribution in [0.25, 0.3) is 0 Å². The molecule has 3 heteroatoms. The molecule has 13 heavy (non-hydrogen) atoms. The Kier molecular flexibility index (Phi) is 6.83. The predicted octanol–water partition coefficient (Wildman–Crippen LogP) is -1.28. The Labute approximate surface area is 96.8 Å². The van der Waals surface area contributed by atoms with Gasteiger partial charge < -0.3 is 9.81 Å². The van der Waals surface area contributed by atoms with Gasteiger partial charge in [-0.25, -0.2) is 0 Å². The van der Waals surface area contributed by atoms with E-state index < -0.39 is 5.60 Å². The zero-order valence-electron chi connectivity index (χ0n) is 9.03. The van der Waals surface area contributed by atoms with Crippen LogP contribution in [-0.4, -0.2) is 28.7 Å². The van der Waals surface area contributed by atoms with Gasteiger partial charge in [0, 0.05) is 0 Å². The van der Waals surface area contributed by atoms with Gasteiger partial charge in [-0.15, -0.1) is 5.60 Å². The van der Waals surface area contributed by atoms with Gasteiger partial charge in [-0.2, -0.15) is 0 Å². The van der Waals surface area contributed by atoms with Crippen molar-refractivity contribution in [3.8, 4) is 0 Å². The largest absolute Gasteiger partial charge is 2.00 e. The SMILES string of the molecule is CC(C)(C)C1([O-])CCCCC1.[F-].[Mg+2]. The molecule has 0 spiro atoms. The summed E-state index contributed by atoms with van der Waals surface area (Å²) in [5.74, 6) is 0. The third-order valence-corrected chi connectivity index (χ3v) is 3.03. The van der Waals surface area contributed by atoms with Gasteiger partial charge in [0.25, 0.3) is 0 Å². The van der Waals surface area contributed by atoms with Crippen LogP contribution in [0.4, 0.5) is 0 Å². The predicted molar refractivity (Wildman–Crippen MR) is 51.0 cm³/mol. The summed E-state index contributed by atoms with van der Waals surface area (Å²) >= 11 is 0. The number of rotatable bonds is 0. The van der Waals surface area contributed by atoms with Gasteiger partial charge in [-0.3, -0.25) is 0 Å². The van der Waals surface area contributed by atoms with Crippen LogP contribution in [0.5, 0.6) is 0 Å². The van der Waals surface area contributed by atoms with Crippen LogP contribution in [0.3, 0.4) is 0 Å². The minimum absolute atomic E-state index is 0. The van der Waals surface area contributed by atoms with Crippen molar-refractivity contribution in [3.63, 3.8) is 0 Å². The van der Waals surface area contributed by atoms with Crippen molar-refractivity contribution in [3.05, 3.63) is 0 Å². The first-order chi connectivity index (χ1) is 4.96. The van der Waals surface area contributed by atoms with E-state index in [2.05, 4.69) is 20.8 Å². The molecular formula is C10H19FMgO. The van der Waals surface area contributed by atoms with Crippen LogP contribution in [0.15, 0.2) is 0 Å². The Bertz CT molecular complexity index is 136. The quantitative estimate of drug-likeness (QED) is 0.445. The van der Waals surface area contributed by atoms with Crippen LogP contribution < -0.4 is 9.81 Å². The fraction of sp³-hybridized carbons (Fsp3) is 1.00. The van der Waals surface area contributed by atoms with E-state index in [4.69, 9.17) is 0 Å². The second-order valence-electron chi connectivity index (χ2n) is 4.80. The maximum Gasteiger partial charge on any atom is 2.00 e. The molecule has 0 aliphatic heterocycles. The number of hydrogen-bond donors (Lipinski definition) is 0. The van der Waals surface area contributed by atoms with Gasteiger partial charge in [0.05, 0.1) is 0 Å². The molecule has 0 N–H and O–H groups in total. The second kappa shape index (κ2) is 5.52. The summed E-state index contributed by atoms with van der Waals surface area (Å²) in [4.78, 5) is 0. The van der Waals surface area contributed by atoms with E-state index in [1.807, 2.05) is 0 Å². The average molecular weight is 199 g/mol. The number of hydrogen-bond acceptors (Lipinski definition) is 1. The third-order valence-electron chi connectivity index (χ3n) is 3.03. The summed E-state index contributed by atoms with van der Waals surface area (Å²) in [5.41, 5.74) is -0.682. The van der Waals surface area contributed by atoms with Crippen molar-refractivity contribution in [2.24, 2.45) is 5.41 Å². The smallest absolute Gasteiger partial charge is 1.00 e. The molecule has 74 valence electrons. The van der Waals surface area contributed by atoms with Gasteiger partial charge in [0.1, 0.15) is 0 Å². The molecule has 1 aliphatic rings. The fourth-order valence-corrected chi connectivity index (χ4v) is 1.87. The molecule has 1 aliphatic carbocycles. The van der Waals surface area contributed by atoms with Crippen molar-refractivity contribution in [2.45, 2.75) is 58.5 Å². The molecule has 1 nitrogen and oxygen atoms in total. The minimum Gasteiger partial charge on any atom is -1.00 e. The summed E-state index contributed by atoms with van der Waals surface area (Å²) in [6.45, 7) is 6.22. The fourth-order valence-electron chi connectivity index (χ4n) is 1.87. The van der Waals surface area contributed by atoms with E-state index in [0.29, 0.717) is 0 Å². The zero-order chi connectivity index (χ0) is 8.54. The third kappa shape index (κ3) is 3.72. The molecule has 0 aromatic rings. The molecule has 1 saturated carbocycles. The van der Waals surface area contributed by atoms with E-state index >= 15 is 0 Å². The Balaban J connectivity index is 0. The van der Waals surface area contributed by atoms with E-state index in [1.54, 1.807) is 0 Å². The molecule has 0 bridgehead atoms. The van der Waals surface area contributed by atoms with Crippen molar-refractivity contribution in [1.29, 1.82) is 0 Å². The van der Waals surface area contributed by atoms with Crippen LogP contribution in [-0.2, 0) is 0 Å². The summed E-state index contributed by atoms with van der Waals surface area (Å²) < 4.78 is 0. The maximum atomic E-state index is 12.1. The maximum absolute atomic E-state index is 12.1. The first-order valence-corrected chi connectivity index (χ1v) is 4.66. The summed E-state index contributed by atoms with van der Waals surface area (Å²) in [7, 11) is 0. The summed E-state index contributed by atoms with van der Waals surface area (Å²) in [6, 6.07) is 0. The first-order valence-electron chi connectivity index (χ1n) is 4.66. The second-order valence-corrected chi connectivity index (χ2v) is 4.80. The average Bonchev–Trinajstić information content (AvgIpc) is 1.87. The van der Waals surface area contributed by atoms with E-state index in [0.717, 1.165) is 25.7 Å². The van der Waals surface area contributed by atoms with Gasteiger partial charge in [0.15, 0.2) is 0 Å². The molecular weight excluding hydrogens is 179 g/mol. The molecule has 0 saturated heterocycles. The molecule has 0 heterocycles. The van der Waals surface area contributed by atoms with Crippen molar-refractivity contribution in [2.75, 3.05) is 0 Å². The van der Waals surface area contributed by atoms with Crippen LogP contribution in [0, 0.1) is 5.41 Å². The van der Waals surface area contributed by atoms with Crippen molar-refractivity contribution >= 4 is 23.1 Å². The van der Waals surface area contributed by atoms with Gasteiger partial charge >= 0.3 is 23.1 Å². The zero-order valence-corrected chi connectivity index (χ0v) is 10.4. The summed E-state index contributed by atoms with van der Waals surface area (Å²) in [6.07, 6.45) is 5.31. The van der Waals surface area contributed by atoms with E-state index in [-0.39, 0.29) is 33.2 Å². The normalized spacial score (nSPS) is 21.2. The molecule has 1 rings (SSSR count). The molecule has 0 aromatic heterocycles. The molecule has 1 fully saturated rings. The standard InChI is InChI=1S/C10H19O.FH.Mg/c1-9(2,3)10(11)7-5-4-6-8-10;;/h4-8H2,1-3H3;1H;/q-1;;+2/p-1. The van der Waals surface area contributed by atoms with E-state index in [9.17, 15) is 5.11 Å². The van der Waals surface area contributed by atoms with Gasteiger partial charge in [0.2, 0.25) is 0 Å². The number of halogens is 1. The van der Waals surface area contributed by atoms with Crippen LogP contribution >= 0.6 is 0 Å².